The van der Waals surface area contributed by atoms with Crippen LogP contribution in [-0.4, -0.2) is 37.6 Å². The molecule has 1 fully saturated rings. The molecule has 0 spiro atoms. The number of nitrogens with zero attached hydrogens (tertiary/aromatic N) is 1. The third-order valence-corrected chi connectivity index (χ3v) is 6.37. The van der Waals surface area contributed by atoms with Gasteiger partial charge in [0, 0.05) is 18.7 Å². The summed E-state index contributed by atoms with van der Waals surface area (Å²) in [4.78, 5) is 15.0. The maximum absolute atomic E-state index is 14.1. The molecule has 2 aromatic rings. The number of rotatable bonds is 6. The lowest BCUT2D eigenvalue weighted by Gasteiger charge is -2.32. The fourth-order valence-corrected chi connectivity index (χ4v) is 4.59. The van der Waals surface area contributed by atoms with Crippen LogP contribution in [0.15, 0.2) is 42.5 Å². The van der Waals surface area contributed by atoms with Gasteiger partial charge in [0.05, 0.1) is 13.0 Å². The highest BCUT2D eigenvalue weighted by Gasteiger charge is 2.29. The van der Waals surface area contributed by atoms with E-state index in [0.717, 1.165) is 45.3 Å². The maximum atomic E-state index is 14.1. The molecule has 4 nitrogen and oxygen atoms in total. The topological polar surface area (TPSA) is 41.6 Å². The van der Waals surface area contributed by atoms with Gasteiger partial charge in [-0.05, 0) is 74.0 Å². The number of carbonyl (C=O) groups excluding carboxylic acids is 1. The van der Waals surface area contributed by atoms with Gasteiger partial charge >= 0.3 is 0 Å². The molecule has 1 aliphatic carbocycles. The van der Waals surface area contributed by atoms with Crippen molar-refractivity contribution in [2.75, 3.05) is 26.7 Å². The third kappa shape index (κ3) is 4.61. The van der Waals surface area contributed by atoms with Crippen LogP contribution in [0.4, 0.5) is 4.39 Å². The molecule has 1 amide bonds. The van der Waals surface area contributed by atoms with Crippen LogP contribution in [0.5, 0.6) is 5.75 Å². The minimum absolute atomic E-state index is 0.00215. The third-order valence-electron chi connectivity index (χ3n) is 6.37. The molecule has 1 heterocycles. The largest absolute Gasteiger partial charge is 0.497 e. The van der Waals surface area contributed by atoms with Gasteiger partial charge in [-0.15, -0.1) is 0 Å². The molecular weight excluding hydrogens is 367 g/mol. The first-order valence-electron chi connectivity index (χ1n) is 10.5. The number of benzene rings is 2. The van der Waals surface area contributed by atoms with Crippen molar-refractivity contribution in [3.8, 4) is 5.75 Å². The smallest absolute Gasteiger partial charge is 0.227 e. The van der Waals surface area contributed by atoms with Crippen molar-refractivity contribution in [1.29, 1.82) is 0 Å². The standard InChI is InChI=1S/C24H29FN2O2/c1-29-20-7-9-23(25)19(14-20)16-27-12-10-17(11-13-27)15-26-24(28)22-8-6-18-4-2-3-5-21(18)22/h2-5,7,9,14,17,22H,6,8,10-13,15-16H2,1H3,(H,26,28). The second-order valence-corrected chi connectivity index (χ2v) is 8.21. The molecule has 1 N–H and O–H groups in total. The van der Waals surface area contributed by atoms with Crippen molar-refractivity contribution in [1.82, 2.24) is 10.2 Å². The monoisotopic (exact) mass is 396 g/mol. The van der Waals surface area contributed by atoms with E-state index in [0.29, 0.717) is 23.8 Å². The molecule has 2 aliphatic rings. The predicted octanol–water partition coefficient (Wildman–Crippen LogP) is 3.89. The Balaban J connectivity index is 1.24. The highest BCUT2D eigenvalue weighted by Crippen LogP contribution is 2.33. The average molecular weight is 397 g/mol. The summed E-state index contributed by atoms with van der Waals surface area (Å²) in [6.07, 6.45) is 3.95. The SMILES string of the molecule is COc1ccc(F)c(CN2CCC(CNC(=O)C3CCc4ccccc43)CC2)c1. The number of methoxy groups -OCH3 is 1. The molecule has 1 aliphatic heterocycles. The normalized spacial score (nSPS) is 19.7. The number of fused-ring (bicyclic) bond motifs is 1. The minimum Gasteiger partial charge on any atom is -0.497 e. The fraction of sp³-hybridized carbons (Fsp3) is 0.458. The summed E-state index contributed by atoms with van der Waals surface area (Å²) in [5.74, 6) is 1.16. The minimum atomic E-state index is -0.183. The van der Waals surface area contributed by atoms with Crippen molar-refractivity contribution < 1.29 is 13.9 Å². The summed E-state index contributed by atoms with van der Waals surface area (Å²) in [6, 6.07) is 13.2. The molecule has 5 heteroatoms. The van der Waals surface area contributed by atoms with E-state index in [4.69, 9.17) is 4.74 Å². The molecule has 4 rings (SSSR count). The van der Waals surface area contributed by atoms with Crippen LogP contribution in [0, 0.1) is 11.7 Å². The number of nitrogens with one attached hydrogen (secondary N) is 1. The molecule has 1 saturated heterocycles. The van der Waals surface area contributed by atoms with Crippen molar-refractivity contribution in [2.45, 2.75) is 38.1 Å². The number of amides is 1. The summed E-state index contributed by atoms with van der Waals surface area (Å²) in [6.45, 7) is 3.17. The zero-order chi connectivity index (χ0) is 20.2. The van der Waals surface area contributed by atoms with E-state index < -0.39 is 0 Å². The van der Waals surface area contributed by atoms with Crippen molar-refractivity contribution in [3.05, 3.63) is 65.0 Å². The first kappa shape index (κ1) is 19.9. The van der Waals surface area contributed by atoms with Gasteiger partial charge in [-0.3, -0.25) is 9.69 Å². The Labute approximate surface area is 172 Å². The summed E-state index contributed by atoms with van der Waals surface area (Å²) in [5, 5.41) is 3.19. The van der Waals surface area contributed by atoms with Gasteiger partial charge in [0.15, 0.2) is 0 Å². The second-order valence-electron chi connectivity index (χ2n) is 8.21. The van der Waals surface area contributed by atoms with Crippen LogP contribution in [0.25, 0.3) is 0 Å². The lowest BCUT2D eigenvalue weighted by molar-refractivity contribution is -0.122. The van der Waals surface area contributed by atoms with E-state index in [2.05, 4.69) is 22.3 Å². The van der Waals surface area contributed by atoms with Gasteiger partial charge in [0.1, 0.15) is 11.6 Å². The lowest BCUT2D eigenvalue weighted by atomic mass is 9.95. The maximum Gasteiger partial charge on any atom is 0.227 e. The van der Waals surface area contributed by atoms with Gasteiger partial charge in [-0.25, -0.2) is 4.39 Å². The summed E-state index contributed by atoms with van der Waals surface area (Å²) < 4.78 is 19.3. The van der Waals surface area contributed by atoms with E-state index in [9.17, 15) is 9.18 Å². The summed E-state index contributed by atoms with van der Waals surface area (Å²) in [7, 11) is 1.60. The highest BCUT2D eigenvalue weighted by atomic mass is 19.1. The Morgan fingerprint density at radius 1 is 1.17 bits per heavy atom. The van der Waals surface area contributed by atoms with Crippen LogP contribution < -0.4 is 10.1 Å². The van der Waals surface area contributed by atoms with Gasteiger partial charge in [-0.1, -0.05) is 24.3 Å². The van der Waals surface area contributed by atoms with Crippen LogP contribution in [0.3, 0.4) is 0 Å². The lowest BCUT2D eigenvalue weighted by Crippen LogP contribution is -2.39. The van der Waals surface area contributed by atoms with Crippen molar-refractivity contribution in [2.24, 2.45) is 5.92 Å². The quantitative estimate of drug-likeness (QED) is 0.805. The molecule has 29 heavy (non-hydrogen) atoms. The molecule has 0 saturated carbocycles. The van der Waals surface area contributed by atoms with E-state index in [1.807, 2.05) is 12.1 Å². The predicted molar refractivity (Wildman–Crippen MR) is 111 cm³/mol. The van der Waals surface area contributed by atoms with Gasteiger partial charge < -0.3 is 10.1 Å². The number of ether oxygens (including phenoxy) is 1. The number of piperidine rings is 1. The first-order chi connectivity index (χ1) is 14.1. The van der Waals surface area contributed by atoms with Crippen LogP contribution in [-0.2, 0) is 17.8 Å². The van der Waals surface area contributed by atoms with Crippen LogP contribution >= 0.6 is 0 Å². The second kappa shape index (κ2) is 8.95. The Morgan fingerprint density at radius 2 is 1.97 bits per heavy atom. The Morgan fingerprint density at radius 3 is 2.76 bits per heavy atom. The van der Waals surface area contributed by atoms with Gasteiger partial charge in [-0.2, -0.15) is 0 Å². The van der Waals surface area contributed by atoms with Gasteiger partial charge in [0.2, 0.25) is 5.91 Å². The number of hydrogen-bond acceptors (Lipinski definition) is 3. The average Bonchev–Trinajstić information content (AvgIpc) is 3.19. The molecule has 0 aromatic heterocycles. The number of aryl methyl sites for hydroxylation is 1. The molecule has 154 valence electrons. The Bertz CT molecular complexity index is 862. The first-order valence-corrected chi connectivity index (χ1v) is 10.5. The number of likely N-dealkylation sites (tertiary alicyclic amines) is 1. The molecule has 0 bridgehead atoms. The summed E-state index contributed by atoms with van der Waals surface area (Å²) >= 11 is 0. The number of halogens is 1. The van der Waals surface area contributed by atoms with Crippen LogP contribution in [0.2, 0.25) is 0 Å². The van der Waals surface area contributed by atoms with E-state index in [1.165, 1.54) is 17.2 Å². The number of hydrogen-bond donors (Lipinski definition) is 1. The molecule has 1 unspecified atom stereocenters. The highest BCUT2D eigenvalue weighted by molar-refractivity contribution is 5.84. The molecule has 0 radical (unpaired) electrons. The number of carbonyl (C=O) groups is 1. The van der Waals surface area contributed by atoms with Crippen molar-refractivity contribution in [3.63, 3.8) is 0 Å². The van der Waals surface area contributed by atoms with Gasteiger partial charge in [0.25, 0.3) is 0 Å². The van der Waals surface area contributed by atoms with Crippen LogP contribution in [0.1, 0.15) is 41.9 Å². The van der Waals surface area contributed by atoms with E-state index >= 15 is 0 Å². The van der Waals surface area contributed by atoms with E-state index in [1.54, 1.807) is 19.2 Å². The molecule has 1 atom stereocenters. The Kier molecular flexibility index (Phi) is 6.14. The molecule has 2 aromatic carbocycles. The fourth-order valence-electron chi connectivity index (χ4n) is 4.59. The molecular formula is C24H29FN2O2. The van der Waals surface area contributed by atoms with Crippen molar-refractivity contribution >= 4 is 5.91 Å². The summed E-state index contributed by atoms with van der Waals surface area (Å²) in [5.41, 5.74) is 3.18. The zero-order valence-corrected chi connectivity index (χ0v) is 17.0. The Hall–Kier alpha value is -2.40. The van der Waals surface area contributed by atoms with E-state index in [-0.39, 0.29) is 17.6 Å². The zero-order valence-electron chi connectivity index (χ0n) is 17.0.